The highest BCUT2D eigenvalue weighted by molar-refractivity contribution is 7.20. The van der Waals surface area contributed by atoms with E-state index in [1.54, 1.807) is 6.20 Å². The smallest absolute Gasteiger partial charge is 0.264 e. The van der Waals surface area contributed by atoms with Crippen molar-refractivity contribution >= 4 is 33.3 Å². The van der Waals surface area contributed by atoms with Gasteiger partial charge in [0.05, 0.1) is 10.3 Å². The second kappa shape index (κ2) is 7.83. The van der Waals surface area contributed by atoms with Gasteiger partial charge in [-0.25, -0.2) is 9.97 Å². The van der Waals surface area contributed by atoms with Crippen molar-refractivity contribution in [1.29, 1.82) is 0 Å². The van der Waals surface area contributed by atoms with Gasteiger partial charge in [-0.15, -0.1) is 11.3 Å². The van der Waals surface area contributed by atoms with Crippen molar-refractivity contribution in [2.75, 3.05) is 31.1 Å². The Balaban J connectivity index is 1.41. The van der Waals surface area contributed by atoms with Gasteiger partial charge in [0.25, 0.3) is 11.5 Å². The van der Waals surface area contributed by atoms with Gasteiger partial charge in [-0.1, -0.05) is 12.5 Å². The summed E-state index contributed by atoms with van der Waals surface area (Å²) in [5.41, 5.74) is 0.800. The molecule has 0 unspecified atom stereocenters. The average molecular weight is 424 g/mol. The highest BCUT2D eigenvalue weighted by atomic mass is 32.1. The van der Waals surface area contributed by atoms with E-state index in [1.807, 2.05) is 34.6 Å². The Labute approximate surface area is 179 Å². The Morgan fingerprint density at radius 3 is 2.67 bits per heavy atom. The van der Waals surface area contributed by atoms with E-state index in [0.29, 0.717) is 28.2 Å². The molecule has 2 aliphatic heterocycles. The molecule has 7 nitrogen and oxygen atoms in total. The van der Waals surface area contributed by atoms with E-state index < -0.39 is 0 Å². The summed E-state index contributed by atoms with van der Waals surface area (Å²) in [4.78, 5) is 41.1. The summed E-state index contributed by atoms with van der Waals surface area (Å²) in [5.74, 6) is 1.83. The molecular weight excluding hydrogens is 398 g/mol. The first-order valence-corrected chi connectivity index (χ1v) is 11.4. The standard InChI is InChI=1S/C22H25N5O2S/c1-15-18-20(24-17-8-3-2-6-10-27(17)21(18)28)30-19(15)22(29)26-13-11-25(12-14-26)16-7-4-5-9-23-16/h4-5,7,9H,2-3,6,8,10-14H2,1H3. The fraction of sp³-hybridized carbons (Fsp3) is 0.455. The first-order valence-electron chi connectivity index (χ1n) is 10.6. The third-order valence-corrected chi connectivity index (χ3v) is 7.32. The SMILES string of the molecule is Cc1c(C(=O)N2CCN(c3ccccn3)CC2)sc2nc3n(c(=O)c12)CCCCC3. The molecule has 5 heterocycles. The lowest BCUT2D eigenvalue weighted by atomic mass is 10.2. The molecule has 1 fully saturated rings. The summed E-state index contributed by atoms with van der Waals surface area (Å²) in [6.45, 7) is 5.41. The maximum atomic E-state index is 13.3. The number of thiophene rings is 1. The van der Waals surface area contributed by atoms with Gasteiger partial charge < -0.3 is 9.80 Å². The monoisotopic (exact) mass is 423 g/mol. The Hall–Kier alpha value is -2.74. The van der Waals surface area contributed by atoms with Gasteiger partial charge in [-0.3, -0.25) is 14.2 Å². The van der Waals surface area contributed by atoms with Crippen LogP contribution in [0.25, 0.3) is 10.2 Å². The first-order chi connectivity index (χ1) is 14.6. The number of rotatable bonds is 2. The van der Waals surface area contributed by atoms with Gasteiger partial charge in [0.2, 0.25) is 0 Å². The van der Waals surface area contributed by atoms with Crippen LogP contribution >= 0.6 is 11.3 Å². The summed E-state index contributed by atoms with van der Waals surface area (Å²) < 4.78 is 1.83. The van der Waals surface area contributed by atoms with E-state index in [0.717, 1.165) is 62.5 Å². The molecule has 8 heteroatoms. The van der Waals surface area contributed by atoms with Crippen LogP contribution in [-0.4, -0.2) is 51.5 Å². The molecule has 0 saturated carbocycles. The lowest BCUT2D eigenvalue weighted by Gasteiger charge is -2.35. The molecule has 5 rings (SSSR count). The molecule has 0 aromatic carbocycles. The van der Waals surface area contributed by atoms with Crippen LogP contribution in [0.1, 0.15) is 40.3 Å². The number of piperazine rings is 1. The Morgan fingerprint density at radius 1 is 1.07 bits per heavy atom. The second-order valence-electron chi connectivity index (χ2n) is 8.00. The van der Waals surface area contributed by atoms with Crippen LogP contribution in [0.5, 0.6) is 0 Å². The number of anilines is 1. The van der Waals surface area contributed by atoms with Crippen molar-refractivity contribution in [1.82, 2.24) is 19.4 Å². The molecule has 2 aliphatic rings. The number of carbonyl (C=O) groups excluding carboxylic acids is 1. The predicted octanol–water partition coefficient (Wildman–Crippen LogP) is 2.85. The Bertz CT molecular complexity index is 1150. The second-order valence-corrected chi connectivity index (χ2v) is 9.00. The number of carbonyl (C=O) groups is 1. The predicted molar refractivity (Wildman–Crippen MR) is 119 cm³/mol. The van der Waals surface area contributed by atoms with Crippen molar-refractivity contribution in [3.05, 3.63) is 51.0 Å². The molecule has 0 aliphatic carbocycles. The largest absolute Gasteiger partial charge is 0.353 e. The first kappa shape index (κ1) is 19.2. The number of hydrogen-bond donors (Lipinski definition) is 0. The minimum Gasteiger partial charge on any atom is -0.353 e. The van der Waals surface area contributed by atoms with E-state index in [-0.39, 0.29) is 11.5 Å². The molecule has 0 bridgehead atoms. The van der Waals surface area contributed by atoms with E-state index in [9.17, 15) is 9.59 Å². The summed E-state index contributed by atoms with van der Waals surface area (Å²) in [7, 11) is 0. The number of hydrogen-bond acceptors (Lipinski definition) is 6. The third-order valence-electron chi connectivity index (χ3n) is 6.15. The number of fused-ring (bicyclic) bond motifs is 2. The zero-order valence-electron chi connectivity index (χ0n) is 17.1. The van der Waals surface area contributed by atoms with Crippen molar-refractivity contribution in [2.45, 2.75) is 39.2 Å². The minimum atomic E-state index is 0.00997. The molecule has 156 valence electrons. The molecule has 3 aromatic rings. The van der Waals surface area contributed by atoms with Gasteiger partial charge in [-0.05, 0) is 37.5 Å². The van der Waals surface area contributed by atoms with Crippen LogP contribution in [-0.2, 0) is 13.0 Å². The van der Waals surface area contributed by atoms with Crippen LogP contribution in [0.3, 0.4) is 0 Å². The fourth-order valence-corrected chi connectivity index (χ4v) is 5.60. The van der Waals surface area contributed by atoms with Gasteiger partial charge in [0.15, 0.2) is 0 Å². The molecule has 3 aromatic heterocycles. The van der Waals surface area contributed by atoms with E-state index in [1.165, 1.54) is 11.3 Å². The molecule has 0 atom stereocenters. The number of aromatic nitrogens is 3. The molecule has 1 amide bonds. The molecule has 0 spiro atoms. The lowest BCUT2D eigenvalue weighted by molar-refractivity contribution is 0.0751. The van der Waals surface area contributed by atoms with Gasteiger partial charge >= 0.3 is 0 Å². The van der Waals surface area contributed by atoms with Gasteiger partial charge in [-0.2, -0.15) is 0 Å². The van der Waals surface area contributed by atoms with E-state index in [2.05, 4.69) is 9.88 Å². The zero-order chi connectivity index (χ0) is 20.7. The van der Waals surface area contributed by atoms with Crippen molar-refractivity contribution in [2.24, 2.45) is 0 Å². The lowest BCUT2D eigenvalue weighted by Crippen LogP contribution is -2.49. The Kier molecular flexibility index (Phi) is 5.02. The third kappa shape index (κ3) is 3.29. The van der Waals surface area contributed by atoms with Gasteiger partial charge in [0.1, 0.15) is 16.5 Å². The van der Waals surface area contributed by atoms with Gasteiger partial charge in [0, 0.05) is 45.3 Å². The summed E-state index contributed by atoms with van der Waals surface area (Å²) >= 11 is 1.38. The van der Waals surface area contributed by atoms with Crippen LogP contribution < -0.4 is 10.5 Å². The van der Waals surface area contributed by atoms with E-state index >= 15 is 0 Å². The summed E-state index contributed by atoms with van der Waals surface area (Å²) in [6.07, 6.45) is 5.83. The maximum absolute atomic E-state index is 13.3. The topological polar surface area (TPSA) is 71.3 Å². The number of amides is 1. The zero-order valence-corrected chi connectivity index (χ0v) is 18.0. The Morgan fingerprint density at radius 2 is 1.90 bits per heavy atom. The normalized spacial score (nSPS) is 17.1. The van der Waals surface area contributed by atoms with Crippen LogP contribution in [0, 0.1) is 6.92 Å². The molecule has 30 heavy (non-hydrogen) atoms. The summed E-state index contributed by atoms with van der Waals surface area (Å²) in [6, 6.07) is 5.88. The highest BCUT2D eigenvalue weighted by Crippen LogP contribution is 2.30. The van der Waals surface area contributed by atoms with Crippen LogP contribution in [0.2, 0.25) is 0 Å². The number of aryl methyl sites for hydroxylation is 2. The maximum Gasteiger partial charge on any atom is 0.264 e. The highest BCUT2D eigenvalue weighted by Gasteiger charge is 2.27. The number of nitrogens with zero attached hydrogens (tertiary/aromatic N) is 5. The summed E-state index contributed by atoms with van der Waals surface area (Å²) in [5, 5.41) is 0.626. The molecule has 0 N–H and O–H groups in total. The molecule has 0 radical (unpaired) electrons. The number of pyridine rings is 1. The minimum absolute atomic E-state index is 0.00997. The van der Waals surface area contributed by atoms with E-state index in [4.69, 9.17) is 4.98 Å². The quantitative estimate of drug-likeness (QED) is 0.634. The van der Waals surface area contributed by atoms with Crippen LogP contribution in [0.4, 0.5) is 5.82 Å². The van der Waals surface area contributed by atoms with Crippen molar-refractivity contribution in [3.63, 3.8) is 0 Å². The van der Waals surface area contributed by atoms with Crippen LogP contribution in [0.15, 0.2) is 29.2 Å². The van der Waals surface area contributed by atoms with Crippen molar-refractivity contribution < 1.29 is 4.79 Å². The molecular formula is C22H25N5O2S. The molecule has 1 saturated heterocycles. The van der Waals surface area contributed by atoms with Crippen molar-refractivity contribution in [3.8, 4) is 0 Å². The average Bonchev–Trinajstić information content (AvgIpc) is 2.95. The fourth-order valence-electron chi connectivity index (χ4n) is 4.44.